The Morgan fingerprint density at radius 2 is 1.70 bits per heavy atom. The van der Waals surface area contributed by atoms with Gasteiger partial charge in [0.15, 0.2) is 0 Å². The molecule has 1 heterocycles. The molecule has 1 atom stereocenters. The van der Waals surface area contributed by atoms with Crippen molar-refractivity contribution in [1.82, 2.24) is 9.97 Å². The van der Waals surface area contributed by atoms with Crippen LogP contribution in [0.4, 0.5) is 4.39 Å². The molecule has 2 N–H and O–H groups in total. The molecule has 1 unspecified atom stereocenters. The molecule has 3 rings (SSSR count). The Morgan fingerprint density at radius 1 is 1.00 bits per heavy atom. The lowest BCUT2D eigenvalue weighted by Gasteiger charge is -2.11. The molecule has 2 aromatic carbocycles. The topological polar surface area (TPSA) is 51.8 Å². The van der Waals surface area contributed by atoms with E-state index in [9.17, 15) is 4.39 Å². The van der Waals surface area contributed by atoms with E-state index in [2.05, 4.69) is 9.97 Å². The number of nitrogens with zero attached hydrogens (tertiary/aromatic N) is 2. The van der Waals surface area contributed by atoms with Gasteiger partial charge in [-0.3, -0.25) is 4.98 Å². The van der Waals surface area contributed by atoms with Gasteiger partial charge in [-0.25, -0.2) is 9.37 Å². The number of hydrogen-bond donors (Lipinski definition) is 1. The van der Waals surface area contributed by atoms with E-state index >= 15 is 0 Å². The summed E-state index contributed by atoms with van der Waals surface area (Å²) in [6.07, 6.45) is 2.31. The van der Waals surface area contributed by atoms with Gasteiger partial charge in [-0.05, 0) is 36.2 Å². The minimum atomic E-state index is -0.252. The summed E-state index contributed by atoms with van der Waals surface area (Å²) in [6, 6.07) is 13.8. The lowest BCUT2D eigenvalue weighted by Crippen LogP contribution is -2.15. The number of nitrogens with two attached hydrogens (primary N) is 1. The summed E-state index contributed by atoms with van der Waals surface area (Å²) in [6.45, 7) is 0. The van der Waals surface area contributed by atoms with Crippen LogP contribution < -0.4 is 5.73 Å². The number of aromatic nitrogens is 2. The van der Waals surface area contributed by atoms with Crippen molar-refractivity contribution in [3.63, 3.8) is 0 Å². The number of para-hydroxylation sites is 2. The summed E-state index contributed by atoms with van der Waals surface area (Å²) >= 11 is 0. The number of rotatable bonds is 3. The first kappa shape index (κ1) is 12.7. The second-order valence-electron chi connectivity index (χ2n) is 4.72. The van der Waals surface area contributed by atoms with Crippen LogP contribution in [-0.4, -0.2) is 9.97 Å². The van der Waals surface area contributed by atoms with Gasteiger partial charge in [0.05, 0.1) is 29.0 Å². The van der Waals surface area contributed by atoms with Crippen molar-refractivity contribution in [2.45, 2.75) is 12.5 Å². The number of fused-ring (bicyclic) bond motifs is 1. The molecule has 3 nitrogen and oxygen atoms in total. The van der Waals surface area contributed by atoms with Gasteiger partial charge < -0.3 is 5.73 Å². The van der Waals surface area contributed by atoms with Crippen LogP contribution in [0.1, 0.15) is 17.3 Å². The minimum absolute atomic E-state index is 0.243. The van der Waals surface area contributed by atoms with E-state index in [1.54, 1.807) is 18.3 Å². The zero-order valence-electron chi connectivity index (χ0n) is 10.8. The Labute approximate surface area is 116 Å². The minimum Gasteiger partial charge on any atom is -0.322 e. The van der Waals surface area contributed by atoms with Crippen molar-refractivity contribution < 1.29 is 4.39 Å². The van der Waals surface area contributed by atoms with E-state index in [-0.39, 0.29) is 11.9 Å². The highest BCUT2D eigenvalue weighted by atomic mass is 19.1. The summed E-state index contributed by atoms with van der Waals surface area (Å²) in [5.41, 5.74) is 9.57. The second-order valence-corrected chi connectivity index (χ2v) is 4.72. The van der Waals surface area contributed by atoms with E-state index < -0.39 is 0 Å². The summed E-state index contributed by atoms with van der Waals surface area (Å²) in [7, 11) is 0. The maximum atomic E-state index is 12.9. The zero-order chi connectivity index (χ0) is 13.9. The highest BCUT2D eigenvalue weighted by Gasteiger charge is 2.10. The SMILES string of the molecule is NC(Cc1ccc(F)cc1)c1cnc2ccccc2n1. The van der Waals surface area contributed by atoms with Crippen LogP contribution in [0.3, 0.4) is 0 Å². The van der Waals surface area contributed by atoms with Crippen molar-refractivity contribution in [2.75, 3.05) is 0 Å². The van der Waals surface area contributed by atoms with Crippen LogP contribution in [0.5, 0.6) is 0 Å². The highest BCUT2D eigenvalue weighted by molar-refractivity contribution is 5.73. The number of hydrogen-bond acceptors (Lipinski definition) is 3. The van der Waals surface area contributed by atoms with E-state index in [1.807, 2.05) is 24.3 Å². The lowest BCUT2D eigenvalue weighted by molar-refractivity contribution is 0.625. The highest BCUT2D eigenvalue weighted by Crippen LogP contribution is 2.16. The molecule has 4 heteroatoms. The first-order chi connectivity index (χ1) is 9.72. The standard InChI is InChI=1S/C16H14FN3/c17-12-7-5-11(6-8-12)9-13(18)16-10-19-14-3-1-2-4-15(14)20-16/h1-8,10,13H,9,18H2. The Balaban J connectivity index is 1.84. The van der Waals surface area contributed by atoms with Crippen molar-refractivity contribution in [3.05, 3.63) is 71.8 Å². The van der Waals surface area contributed by atoms with Crippen LogP contribution >= 0.6 is 0 Å². The molecule has 0 bridgehead atoms. The Bertz CT molecular complexity index is 725. The third-order valence-corrected chi connectivity index (χ3v) is 3.22. The molecule has 1 aromatic heterocycles. The molecular formula is C16H14FN3. The Hall–Kier alpha value is -2.33. The smallest absolute Gasteiger partial charge is 0.123 e. The molecule has 0 fully saturated rings. The summed E-state index contributed by atoms with van der Waals surface area (Å²) in [4.78, 5) is 8.88. The van der Waals surface area contributed by atoms with E-state index in [0.29, 0.717) is 6.42 Å². The van der Waals surface area contributed by atoms with Crippen molar-refractivity contribution >= 4 is 11.0 Å². The Morgan fingerprint density at radius 3 is 2.45 bits per heavy atom. The van der Waals surface area contributed by atoms with E-state index in [4.69, 9.17) is 5.73 Å². The molecule has 3 aromatic rings. The van der Waals surface area contributed by atoms with Gasteiger partial charge in [-0.2, -0.15) is 0 Å². The molecule has 0 spiro atoms. The zero-order valence-corrected chi connectivity index (χ0v) is 10.8. The number of benzene rings is 2. The fourth-order valence-corrected chi connectivity index (χ4v) is 2.13. The molecule has 0 saturated heterocycles. The summed E-state index contributed by atoms with van der Waals surface area (Å²) in [5.74, 6) is -0.243. The molecule has 0 saturated carbocycles. The molecule has 0 aliphatic heterocycles. The van der Waals surface area contributed by atoms with Crippen LogP contribution in [0, 0.1) is 5.82 Å². The van der Waals surface area contributed by atoms with Gasteiger partial charge in [-0.1, -0.05) is 24.3 Å². The van der Waals surface area contributed by atoms with Crippen LogP contribution in [-0.2, 0) is 6.42 Å². The fourth-order valence-electron chi connectivity index (χ4n) is 2.13. The molecule has 0 radical (unpaired) electrons. The van der Waals surface area contributed by atoms with Crippen molar-refractivity contribution in [1.29, 1.82) is 0 Å². The van der Waals surface area contributed by atoms with Crippen LogP contribution in [0.25, 0.3) is 11.0 Å². The quantitative estimate of drug-likeness (QED) is 0.793. The largest absolute Gasteiger partial charge is 0.322 e. The van der Waals surface area contributed by atoms with Crippen LogP contribution in [0.15, 0.2) is 54.7 Å². The monoisotopic (exact) mass is 267 g/mol. The second kappa shape index (κ2) is 5.35. The predicted octanol–water partition coefficient (Wildman–Crippen LogP) is 3.01. The summed E-state index contributed by atoms with van der Waals surface area (Å²) < 4.78 is 12.9. The maximum Gasteiger partial charge on any atom is 0.123 e. The first-order valence-electron chi connectivity index (χ1n) is 6.44. The van der Waals surface area contributed by atoms with Gasteiger partial charge in [0.25, 0.3) is 0 Å². The average Bonchev–Trinajstić information content (AvgIpc) is 2.49. The third kappa shape index (κ3) is 2.65. The molecule has 0 aliphatic carbocycles. The summed E-state index contributed by atoms with van der Waals surface area (Å²) in [5, 5.41) is 0. The van der Waals surface area contributed by atoms with Gasteiger partial charge >= 0.3 is 0 Å². The number of halogens is 1. The van der Waals surface area contributed by atoms with E-state index in [0.717, 1.165) is 22.3 Å². The van der Waals surface area contributed by atoms with Gasteiger partial charge in [-0.15, -0.1) is 0 Å². The normalized spacial score (nSPS) is 12.5. The lowest BCUT2D eigenvalue weighted by atomic mass is 10.0. The van der Waals surface area contributed by atoms with Crippen LogP contribution in [0.2, 0.25) is 0 Å². The third-order valence-electron chi connectivity index (χ3n) is 3.22. The molecule has 100 valence electrons. The van der Waals surface area contributed by atoms with Crippen molar-refractivity contribution in [3.8, 4) is 0 Å². The van der Waals surface area contributed by atoms with Crippen molar-refractivity contribution in [2.24, 2.45) is 5.73 Å². The first-order valence-corrected chi connectivity index (χ1v) is 6.44. The molecule has 0 aliphatic rings. The van der Waals surface area contributed by atoms with Gasteiger partial charge in [0.2, 0.25) is 0 Å². The van der Waals surface area contributed by atoms with E-state index in [1.165, 1.54) is 12.1 Å². The van der Waals surface area contributed by atoms with Gasteiger partial charge in [0.1, 0.15) is 5.82 Å². The predicted molar refractivity (Wildman–Crippen MR) is 76.6 cm³/mol. The average molecular weight is 267 g/mol. The Kier molecular flexibility index (Phi) is 3.39. The molecular weight excluding hydrogens is 253 g/mol. The molecule has 0 amide bonds. The van der Waals surface area contributed by atoms with Gasteiger partial charge in [0, 0.05) is 0 Å². The fraction of sp³-hybridized carbons (Fsp3) is 0.125. The molecule has 20 heavy (non-hydrogen) atoms. The maximum absolute atomic E-state index is 12.9.